The van der Waals surface area contributed by atoms with Gasteiger partial charge in [0.15, 0.2) is 11.5 Å². The number of aromatic nitrogens is 1. The van der Waals surface area contributed by atoms with Gasteiger partial charge in [-0.3, -0.25) is 9.59 Å². The van der Waals surface area contributed by atoms with Gasteiger partial charge < -0.3 is 34.9 Å². The Labute approximate surface area is 264 Å². The highest BCUT2D eigenvalue weighted by Crippen LogP contribution is 2.39. The quantitative estimate of drug-likeness (QED) is 0.267. The number of carbonyl (C=O) groups is 2. The number of pyridine rings is 1. The summed E-state index contributed by atoms with van der Waals surface area (Å²) in [7, 11) is 0. The molecule has 10 nitrogen and oxygen atoms in total. The summed E-state index contributed by atoms with van der Waals surface area (Å²) in [6.07, 6.45) is 0.659. The van der Waals surface area contributed by atoms with Crippen molar-refractivity contribution in [2.75, 3.05) is 41.8 Å². The van der Waals surface area contributed by atoms with E-state index in [4.69, 9.17) is 21.1 Å². The third-order valence-corrected chi connectivity index (χ3v) is 8.74. The van der Waals surface area contributed by atoms with Crippen molar-refractivity contribution in [3.05, 3.63) is 112 Å². The monoisotopic (exact) mass is 625 g/mol. The van der Waals surface area contributed by atoms with Crippen LogP contribution in [0.2, 0.25) is 5.02 Å². The number of hydrogen-bond donors (Lipinski definition) is 3. The molecule has 11 heteroatoms. The zero-order valence-electron chi connectivity index (χ0n) is 24.4. The van der Waals surface area contributed by atoms with Gasteiger partial charge >= 0.3 is 6.03 Å². The van der Waals surface area contributed by atoms with E-state index in [1.807, 2.05) is 47.0 Å². The van der Waals surface area contributed by atoms with E-state index < -0.39 is 6.03 Å². The van der Waals surface area contributed by atoms with Crippen molar-refractivity contribution in [1.82, 2.24) is 9.88 Å². The van der Waals surface area contributed by atoms with E-state index in [2.05, 4.69) is 20.9 Å². The topological polar surface area (TPSA) is 114 Å². The van der Waals surface area contributed by atoms with Crippen LogP contribution in [-0.2, 0) is 6.54 Å². The molecule has 1 aromatic heterocycles. The minimum atomic E-state index is -0.448. The standard InChI is InChI=1S/C34H32ClN5O5/c35-24-9-11-25(12-10-24)37-34(43)38-27-15-22(33(42)36-16-26-20-44-30-5-1-2-6-31(30)45-26)8-13-29(27)39-17-21-14-23(19-39)28-4-3-7-32(41)40(28)18-21/h1-13,15,21,23,26H,14,16-20H2,(H,36,42)(H2,37,38,43)/t21-,23+,26+/m1/s1. The molecule has 3 aromatic carbocycles. The van der Waals surface area contributed by atoms with E-state index in [-0.39, 0.29) is 36.0 Å². The molecule has 0 aliphatic carbocycles. The Hall–Kier alpha value is -4.96. The van der Waals surface area contributed by atoms with Crippen LogP contribution in [0.5, 0.6) is 11.5 Å². The van der Waals surface area contributed by atoms with Crippen LogP contribution in [0, 0.1) is 5.92 Å². The fourth-order valence-corrected chi connectivity index (χ4v) is 6.56. The molecule has 0 unspecified atom stereocenters. The van der Waals surface area contributed by atoms with Crippen molar-refractivity contribution in [2.24, 2.45) is 5.92 Å². The number of nitrogens with one attached hydrogen (secondary N) is 3. The van der Waals surface area contributed by atoms with E-state index in [1.54, 1.807) is 42.5 Å². The lowest BCUT2D eigenvalue weighted by Gasteiger charge is -2.44. The number of piperidine rings is 1. The van der Waals surface area contributed by atoms with Gasteiger partial charge in [0, 0.05) is 53.6 Å². The molecule has 3 aliphatic rings. The maximum atomic E-state index is 13.3. The number of amides is 3. The van der Waals surface area contributed by atoms with Crippen LogP contribution in [0.15, 0.2) is 89.7 Å². The molecular formula is C34H32ClN5O5. The van der Waals surface area contributed by atoms with Gasteiger partial charge in [-0.15, -0.1) is 0 Å². The molecule has 3 aliphatic heterocycles. The molecule has 1 saturated heterocycles. The van der Waals surface area contributed by atoms with Crippen molar-refractivity contribution in [1.29, 1.82) is 0 Å². The lowest BCUT2D eigenvalue weighted by molar-refractivity contribution is 0.0789. The molecule has 3 amide bonds. The van der Waals surface area contributed by atoms with Crippen molar-refractivity contribution in [3.63, 3.8) is 0 Å². The highest BCUT2D eigenvalue weighted by molar-refractivity contribution is 6.30. The van der Waals surface area contributed by atoms with E-state index in [9.17, 15) is 14.4 Å². The van der Waals surface area contributed by atoms with Crippen LogP contribution >= 0.6 is 11.6 Å². The number of carbonyl (C=O) groups excluding carboxylic acids is 2. The van der Waals surface area contributed by atoms with Gasteiger partial charge in [-0.2, -0.15) is 0 Å². The molecule has 0 spiro atoms. The number of halogens is 1. The third kappa shape index (κ3) is 6.19. The molecule has 2 bridgehead atoms. The second kappa shape index (κ2) is 12.2. The van der Waals surface area contributed by atoms with E-state index >= 15 is 0 Å². The van der Waals surface area contributed by atoms with Crippen LogP contribution in [0.25, 0.3) is 0 Å². The van der Waals surface area contributed by atoms with Gasteiger partial charge in [-0.25, -0.2) is 4.79 Å². The molecule has 4 aromatic rings. The molecule has 3 atom stereocenters. The van der Waals surface area contributed by atoms with Gasteiger partial charge in [0.2, 0.25) is 0 Å². The van der Waals surface area contributed by atoms with Crippen molar-refractivity contribution >= 4 is 40.6 Å². The zero-order valence-corrected chi connectivity index (χ0v) is 25.1. The Bertz CT molecular complexity index is 1810. The SMILES string of the molecule is O=C(Nc1ccc(Cl)cc1)Nc1cc(C(=O)NC[C@H]2COc3ccccc3O2)ccc1N1C[C@H]2C[C@@H](C1)c1cccc(=O)n1C2. The summed E-state index contributed by atoms with van der Waals surface area (Å²) in [5, 5.41) is 9.32. The van der Waals surface area contributed by atoms with Gasteiger partial charge in [0.25, 0.3) is 11.5 Å². The van der Waals surface area contributed by atoms with Crippen molar-refractivity contribution < 1.29 is 19.1 Å². The Morgan fingerprint density at radius 2 is 1.71 bits per heavy atom. The highest BCUT2D eigenvalue weighted by atomic mass is 35.5. The van der Waals surface area contributed by atoms with Crippen LogP contribution < -0.4 is 35.9 Å². The van der Waals surface area contributed by atoms with Crippen LogP contribution in [0.3, 0.4) is 0 Å². The Morgan fingerprint density at radius 3 is 2.56 bits per heavy atom. The summed E-state index contributed by atoms with van der Waals surface area (Å²) in [4.78, 5) is 41.3. The molecule has 0 radical (unpaired) electrons. The number of benzene rings is 3. The second-order valence-corrected chi connectivity index (χ2v) is 12.1. The van der Waals surface area contributed by atoms with E-state index in [1.165, 1.54) is 0 Å². The summed E-state index contributed by atoms with van der Waals surface area (Å²) >= 11 is 6.00. The summed E-state index contributed by atoms with van der Waals surface area (Å²) in [5.41, 5.74) is 3.35. The highest BCUT2D eigenvalue weighted by Gasteiger charge is 2.35. The van der Waals surface area contributed by atoms with Gasteiger partial charge in [-0.1, -0.05) is 29.8 Å². The molecule has 0 saturated carbocycles. The van der Waals surface area contributed by atoms with E-state index in [0.717, 1.165) is 24.3 Å². The minimum absolute atomic E-state index is 0.0293. The number of anilines is 3. The summed E-state index contributed by atoms with van der Waals surface area (Å²) in [6, 6.07) is 24.6. The van der Waals surface area contributed by atoms with Crippen LogP contribution in [-0.4, -0.2) is 48.9 Å². The first-order chi connectivity index (χ1) is 21.9. The smallest absolute Gasteiger partial charge is 0.323 e. The second-order valence-electron chi connectivity index (χ2n) is 11.6. The third-order valence-electron chi connectivity index (χ3n) is 8.49. The number of nitrogens with zero attached hydrogens (tertiary/aromatic N) is 2. The van der Waals surface area contributed by atoms with Crippen molar-refractivity contribution in [3.8, 4) is 11.5 Å². The molecule has 1 fully saturated rings. The van der Waals surface area contributed by atoms with Crippen molar-refractivity contribution in [2.45, 2.75) is 25.0 Å². The molecular weight excluding hydrogens is 594 g/mol. The summed E-state index contributed by atoms with van der Waals surface area (Å²) in [5.74, 6) is 1.48. The lowest BCUT2D eigenvalue weighted by atomic mass is 9.83. The number of fused-ring (bicyclic) bond motifs is 5. The Morgan fingerprint density at radius 1 is 0.889 bits per heavy atom. The predicted molar refractivity (Wildman–Crippen MR) is 173 cm³/mol. The Kier molecular flexibility index (Phi) is 7.81. The molecule has 45 heavy (non-hydrogen) atoms. The first-order valence-corrected chi connectivity index (χ1v) is 15.4. The maximum Gasteiger partial charge on any atom is 0.323 e. The first-order valence-electron chi connectivity index (χ1n) is 15.0. The average molecular weight is 626 g/mol. The normalized spacial score (nSPS) is 19.7. The average Bonchev–Trinajstić information content (AvgIpc) is 3.05. The number of ether oxygens (including phenoxy) is 2. The van der Waals surface area contributed by atoms with Gasteiger partial charge in [0.1, 0.15) is 12.7 Å². The number of rotatable bonds is 6. The van der Waals surface area contributed by atoms with E-state index in [0.29, 0.717) is 53.2 Å². The minimum Gasteiger partial charge on any atom is -0.486 e. The summed E-state index contributed by atoms with van der Waals surface area (Å²) < 4.78 is 13.6. The van der Waals surface area contributed by atoms with Crippen LogP contribution in [0.4, 0.5) is 21.9 Å². The first kappa shape index (κ1) is 28.8. The van der Waals surface area contributed by atoms with Gasteiger partial charge in [-0.05, 0) is 73.0 Å². The summed E-state index contributed by atoms with van der Waals surface area (Å²) in [6.45, 7) is 2.62. The number of para-hydroxylation sites is 2. The van der Waals surface area contributed by atoms with Crippen LogP contribution in [0.1, 0.15) is 28.4 Å². The zero-order chi connectivity index (χ0) is 30.9. The Balaban J connectivity index is 1.11. The fourth-order valence-electron chi connectivity index (χ4n) is 6.44. The molecule has 7 rings (SSSR count). The fraction of sp³-hybridized carbons (Fsp3) is 0.265. The molecule has 4 heterocycles. The molecule has 230 valence electrons. The lowest BCUT2D eigenvalue weighted by Crippen LogP contribution is -2.47. The molecule has 3 N–H and O–H groups in total. The number of urea groups is 1. The largest absolute Gasteiger partial charge is 0.486 e. The van der Waals surface area contributed by atoms with Gasteiger partial charge in [0.05, 0.1) is 17.9 Å². The maximum absolute atomic E-state index is 13.3. The number of hydrogen-bond acceptors (Lipinski definition) is 6. The predicted octanol–water partition coefficient (Wildman–Crippen LogP) is 5.34.